The normalized spacial score (nSPS) is 11.3. The minimum Gasteiger partial charge on any atom is -0.228 e. The molecule has 0 aliphatic rings. The molecule has 0 aromatic carbocycles. The Labute approximate surface area is 95.1 Å². The van der Waals surface area contributed by atoms with Crippen molar-refractivity contribution in [3.63, 3.8) is 0 Å². The minimum absolute atomic E-state index is 0.458. The van der Waals surface area contributed by atoms with Crippen LogP contribution in [-0.4, -0.2) is 9.49 Å². The highest BCUT2D eigenvalue weighted by atomic mass is 31.1. The van der Waals surface area contributed by atoms with E-state index >= 15 is 0 Å². The van der Waals surface area contributed by atoms with Crippen LogP contribution in [0.4, 0.5) is 0 Å². The number of unbranched alkanes of at least 4 members (excludes halogenated alkanes) is 7. The maximum atomic E-state index is 4.32. The summed E-state index contributed by atoms with van der Waals surface area (Å²) in [7, 11) is 0.458. The van der Waals surface area contributed by atoms with Gasteiger partial charge in [0.2, 0.25) is 0 Å². The third kappa shape index (κ3) is 6.67. The van der Waals surface area contributed by atoms with E-state index in [1.165, 1.54) is 57.1 Å². The average Bonchev–Trinajstić information content (AvgIpc) is 2.75. The Morgan fingerprint density at radius 1 is 1.00 bits per heavy atom. The summed E-state index contributed by atoms with van der Waals surface area (Å²) in [5, 5.41) is 0. The Bertz CT molecular complexity index is 222. The second-order valence-electron chi connectivity index (χ2n) is 4.19. The first kappa shape index (κ1) is 12.7. The predicted molar refractivity (Wildman–Crippen MR) is 67.8 cm³/mol. The molecule has 1 rings (SSSR count). The van der Waals surface area contributed by atoms with Gasteiger partial charge in [-0.15, -0.1) is 0 Å². The lowest BCUT2D eigenvalue weighted by Gasteiger charge is -2.00. The third-order valence-electron chi connectivity index (χ3n) is 2.75. The molecule has 0 aliphatic carbocycles. The summed E-state index contributed by atoms with van der Waals surface area (Å²) in [6, 6.07) is 0. The van der Waals surface area contributed by atoms with Crippen LogP contribution in [0.15, 0.2) is 6.20 Å². The van der Waals surface area contributed by atoms with Gasteiger partial charge in [-0.25, -0.2) is 9.49 Å². The summed E-state index contributed by atoms with van der Waals surface area (Å²) >= 11 is 0. The van der Waals surface area contributed by atoms with E-state index in [4.69, 9.17) is 0 Å². The van der Waals surface area contributed by atoms with Crippen LogP contribution in [0.25, 0.3) is 0 Å². The van der Waals surface area contributed by atoms with E-state index in [-0.39, 0.29) is 0 Å². The molecule has 15 heavy (non-hydrogen) atoms. The van der Waals surface area contributed by atoms with E-state index in [0.717, 1.165) is 6.42 Å². The molecule has 86 valence electrons. The van der Waals surface area contributed by atoms with Gasteiger partial charge >= 0.3 is 0 Å². The van der Waals surface area contributed by atoms with E-state index in [1.54, 1.807) is 0 Å². The molecule has 0 saturated heterocycles. The highest BCUT2D eigenvalue weighted by Gasteiger charge is 1.95. The second kappa shape index (κ2) is 8.91. The van der Waals surface area contributed by atoms with Crippen molar-refractivity contribution in [2.75, 3.05) is 0 Å². The number of hydrogen-bond acceptors (Lipinski definition) is 2. The zero-order valence-corrected chi connectivity index (χ0v) is 10.8. The van der Waals surface area contributed by atoms with Crippen LogP contribution in [-0.2, 0) is 6.42 Å². The van der Waals surface area contributed by atoms with Crippen molar-refractivity contribution in [1.29, 1.82) is 0 Å². The van der Waals surface area contributed by atoms with Gasteiger partial charge in [0.25, 0.3) is 0 Å². The van der Waals surface area contributed by atoms with Crippen LogP contribution in [0.1, 0.15) is 64.0 Å². The van der Waals surface area contributed by atoms with Crippen LogP contribution >= 0.6 is 8.51 Å². The Balaban J connectivity index is 1.81. The Morgan fingerprint density at radius 2 is 1.67 bits per heavy atom. The molecule has 3 heteroatoms. The summed E-state index contributed by atoms with van der Waals surface area (Å²) < 4.78 is 8.43. The molecular weight excluding hydrogens is 203 g/mol. The van der Waals surface area contributed by atoms with Gasteiger partial charge < -0.3 is 0 Å². The fourth-order valence-corrected chi connectivity index (χ4v) is 2.35. The van der Waals surface area contributed by atoms with Gasteiger partial charge in [-0.2, -0.15) is 0 Å². The summed E-state index contributed by atoms with van der Waals surface area (Å²) in [6.45, 7) is 2.27. The number of hydrogen-bond donors (Lipinski definition) is 0. The lowest BCUT2D eigenvalue weighted by Crippen LogP contribution is -1.85. The third-order valence-corrected chi connectivity index (χ3v) is 3.38. The molecule has 1 unspecified atom stereocenters. The van der Waals surface area contributed by atoms with Gasteiger partial charge in [0.1, 0.15) is 0 Å². The second-order valence-corrected chi connectivity index (χ2v) is 4.87. The number of aromatic nitrogens is 2. The van der Waals surface area contributed by atoms with E-state index in [0.29, 0.717) is 8.51 Å². The first-order chi connectivity index (χ1) is 7.43. The number of aryl methyl sites for hydroxylation is 1. The monoisotopic (exact) mass is 226 g/mol. The van der Waals surface area contributed by atoms with Crippen LogP contribution in [0.5, 0.6) is 0 Å². The molecule has 1 heterocycles. The topological polar surface area (TPSA) is 25.8 Å². The van der Waals surface area contributed by atoms with Crippen LogP contribution in [0.2, 0.25) is 0 Å². The van der Waals surface area contributed by atoms with Gasteiger partial charge in [-0.1, -0.05) is 51.9 Å². The first-order valence-electron chi connectivity index (χ1n) is 6.28. The van der Waals surface area contributed by atoms with Gasteiger partial charge in [0.05, 0.1) is 20.4 Å². The summed E-state index contributed by atoms with van der Waals surface area (Å²) in [5.41, 5.74) is 1.22. The van der Waals surface area contributed by atoms with Crippen molar-refractivity contribution in [2.45, 2.75) is 64.7 Å². The minimum atomic E-state index is 0.458. The largest absolute Gasteiger partial charge is 0.228 e. The lowest BCUT2D eigenvalue weighted by atomic mass is 10.1. The van der Waals surface area contributed by atoms with Gasteiger partial charge in [-0.05, 0) is 12.8 Å². The Hall–Kier alpha value is -0.360. The average molecular weight is 226 g/mol. The van der Waals surface area contributed by atoms with Crippen molar-refractivity contribution < 1.29 is 0 Å². The fraction of sp³-hybridized carbons (Fsp3) is 0.833. The van der Waals surface area contributed by atoms with Gasteiger partial charge in [0, 0.05) is 0 Å². The SMILES string of the molecule is CCCCCCCCCCc1cn[pH]n1. The molecule has 0 spiro atoms. The standard InChI is InChI=1S/C12H23N2P/c1-2-3-4-5-6-7-8-9-10-12-11-13-15-14-12/h11,15H,2-10H2,1H3. The van der Waals surface area contributed by atoms with Gasteiger partial charge in [-0.3, -0.25) is 0 Å². The predicted octanol–water partition coefficient (Wildman–Crippen LogP) is 4.19. The number of nitrogens with zero attached hydrogens (tertiary/aromatic N) is 2. The van der Waals surface area contributed by atoms with Crippen molar-refractivity contribution in [2.24, 2.45) is 0 Å². The van der Waals surface area contributed by atoms with Crippen molar-refractivity contribution in [1.82, 2.24) is 9.49 Å². The van der Waals surface area contributed by atoms with Crippen LogP contribution in [0.3, 0.4) is 0 Å². The smallest absolute Gasteiger partial charge is 0.0646 e. The van der Waals surface area contributed by atoms with E-state index in [2.05, 4.69) is 16.4 Å². The molecule has 1 atom stereocenters. The molecule has 1 aromatic heterocycles. The van der Waals surface area contributed by atoms with E-state index in [1.807, 2.05) is 6.20 Å². The molecule has 0 radical (unpaired) electrons. The van der Waals surface area contributed by atoms with Crippen molar-refractivity contribution in [3.05, 3.63) is 11.9 Å². The van der Waals surface area contributed by atoms with Crippen molar-refractivity contribution in [3.8, 4) is 0 Å². The quantitative estimate of drug-likeness (QED) is 0.590. The summed E-state index contributed by atoms with van der Waals surface area (Å²) in [5.74, 6) is 0. The van der Waals surface area contributed by atoms with Crippen LogP contribution in [0, 0.1) is 0 Å². The molecular formula is C12H23N2P. The van der Waals surface area contributed by atoms with E-state index < -0.39 is 0 Å². The zero-order chi connectivity index (χ0) is 10.8. The molecule has 0 fully saturated rings. The van der Waals surface area contributed by atoms with Crippen molar-refractivity contribution >= 4 is 8.51 Å². The fourth-order valence-electron chi connectivity index (χ4n) is 1.79. The highest BCUT2D eigenvalue weighted by molar-refractivity contribution is 7.20. The summed E-state index contributed by atoms with van der Waals surface area (Å²) in [4.78, 5) is 0. The van der Waals surface area contributed by atoms with Gasteiger partial charge in [0.15, 0.2) is 0 Å². The maximum absolute atomic E-state index is 4.32. The molecule has 0 N–H and O–H groups in total. The molecule has 0 saturated carbocycles. The lowest BCUT2D eigenvalue weighted by molar-refractivity contribution is 0.574. The van der Waals surface area contributed by atoms with E-state index in [9.17, 15) is 0 Å². The number of rotatable bonds is 9. The molecule has 2 nitrogen and oxygen atoms in total. The zero-order valence-electron chi connectivity index (χ0n) is 9.84. The highest BCUT2D eigenvalue weighted by Crippen LogP contribution is 2.10. The summed E-state index contributed by atoms with van der Waals surface area (Å²) in [6.07, 6.45) is 14.2. The molecule has 0 bridgehead atoms. The first-order valence-corrected chi connectivity index (χ1v) is 7.17. The Kier molecular flexibility index (Phi) is 7.55. The molecule has 0 amide bonds. The Morgan fingerprint density at radius 3 is 2.27 bits per heavy atom. The molecule has 1 aromatic rings. The molecule has 0 aliphatic heterocycles. The van der Waals surface area contributed by atoms with Crippen LogP contribution < -0.4 is 0 Å². The maximum Gasteiger partial charge on any atom is 0.0646 e.